The van der Waals surface area contributed by atoms with Gasteiger partial charge < -0.3 is 10.0 Å². The topological polar surface area (TPSA) is 40.5 Å². The maximum Gasteiger partial charge on any atom is 0.223 e. The molecule has 1 aliphatic heterocycles. The van der Waals surface area contributed by atoms with Crippen LogP contribution in [0.1, 0.15) is 60.3 Å². The van der Waals surface area contributed by atoms with E-state index < -0.39 is 0 Å². The lowest BCUT2D eigenvalue weighted by Crippen LogP contribution is -2.54. The van der Waals surface area contributed by atoms with Gasteiger partial charge in [-0.2, -0.15) is 0 Å². The van der Waals surface area contributed by atoms with Gasteiger partial charge in [-0.25, -0.2) is 0 Å². The molecule has 0 radical (unpaired) electrons. The molecule has 1 rings (SSSR count). The van der Waals surface area contributed by atoms with E-state index in [1.165, 1.54) is 0 Å². The zero-order valence-corrected chi connectivity index (χ0v) is 11.9. The molecule has 100 valence electrons. The van der Waals surface area contributed by atoms with Crippen LogP contribution in [0.2, 0.25) is 0 Å². The van der Waals surface area contributed by atoms with Gasteiger partial charge in [-0.05, 0) is 38.5 Å². The fraction of sp³-hybridized carbons (Fsp3) is 0.929. The summed E-state index contributed by atoms with van der Waals surface area (Å²) in [5, 5.41) is 9.67. The first-order valence-corrected chi connectivity index (χ1v) is 6.60. The molecule has 1 atom stereocenters. The predicted octanol–water partition coefficient (Wildman–Crippen LogP) is 2.57. The minimum atomic E-state index is -0.253. The monoisotopic (exact) mass is 241 g/mol. The van der Waals surface area contributed by atoms with Crippen LogP contribution in [0.15, 0.2) is 0 Å². The number of rotatable bonds is 2. The molecule has 0 aliphatic carbocycles. The van der Waals surface area contributed by atoms with E-state index in [4.69, 9.17) is 0 Å². The standard InChI is InChI=1S/C14H27NO2/c1-13(2,3)8-6-12(17)15-9-7-11(16)10-14(15,4)5/h11,16H,6-10H2,1-5H3. The summed E-state index contributed by atoms with van der Waals surface area (Å²) >= 11 is 0. The highest BCUT2D eigenvalue weighted by Crippen LogP contribution is 2.29. The van der Waals surface area contributed by atoms with Gasteiger partial charge in [0.1, 0.15) is 0 Å². The number of nitrogens with zero attached hydrogens (tertiary/aromatic N) is 1. The predicted molar refractivity (Wildman–Crippen MR) is 69.7 cm³/mol. The third kappa shape index (κ3) is 4.30. The highest BCUT2D eigenvalue weighted by atomic mass is 16.3. The fourth-order valence-electron chi connectivity index (χ4n) is 2.45. The van der Waals surface area contributed by atoms with E-state index in [9.17, 15) is 9.90 Å². The van der Waals surface area contributed by atoms with E-state index in [0.717, 1.165) is 6.42 Å². The van der Waals surface area contributed by atoms with Gasteiger partial charge in [0.2, 0.25) is 5.91 Å². The fourth-order valence-corrected chi connectivity index (χ4v) is 2.45. The summed E-state index contributed by atoms with van der Waals surface area (Å²) in [6, 6.07) is 0. The number of piperidine rings is 1. The first-order chi connectivity index (χ1) is 7.62. The second-order valence-electron chi connectivity index (χ2n) is 7.07. The molecular formula is C14H27NO2. The number of hydrogen-bond acceptors (Lipinski definition) is 2. The summed E-state index contributed by atoms with van der Waals surface area (Å²) in [5.74, 6) is 0.233. The Morgan fingerprint density at radius 1 is 1.41 bits per heavy atom. The Hall–Kier alpha value is -0.570. The molecule has 1 fully saturated rings. The van der Waals surface area contributed by atoms with Crippen molar-refractivity contribution >= 4 is 5.91 Å². The number of aliphatic hydroxyl groups excluding tert-OH is 1. The summed E-state index contributed by atoms with van der Waals surface area (Å²) in [7, 11) is 0. The van der Waals surface area contributed by atoms with E-state index in [-0.39, 0.29) is 23.0 Å². The lowest BCUT2D eigenvalue weighted by Gasteiger charge is -2.44. The van der Waals surface area contributed by atoms with E-state index in [0.29, 0.717) is 25.8 Å². The van der Waals surface area contributed by atoms with Crippen LogP contribution in [-0.2, 0) is 4.79 Å². The maximum absolute atomic E-state index is 12.2. The van der Waals surface area contributed by atoms with Crippen molar-refractivity contribution in [1.82, 2.24) is 4.90 Å². The number of hydrogen-bond donors (Lipinski definition) is 1. The molecule has 1 aliphatic rings. The molecule has 17 heavy (non-hydrogen) atoms. The highest BCUT2D eigenvalue weighted by molar-refractivity contribution is 5.77. The molecule has 0 aromatic carbocycles. The largest absolute Gasteiger partial charge is 0.393 e. The van der Waals surface area contributed by atoms with E-state index in [1.54, 1.807) is 0 Å². The van der Waals surface area contributed by atoms with Gasteiger partial charge in [-0.1, -0.05) is 20.8 Å². The van der Waals surface area contributed by atoms with Gasteiger partial charge in [0.15, 0.2) is 0 Å². The second kappa shape index (κ2) is 4.97. The zero-order valence-electron chi connectivity index (χ0n) is 11.9. The average molecular weight is 241 g/mol. The molecule has 1 unspecified atom stereocenters. The molecular weight excluding hydrogens is 214 g/mol. The van der Waals surface area contributed by atoms with Gasteiger partial charge in [0.05, 0.1) is 6.10 Å². The molecule has 0 aromatic heterocycles. The third-order valence-corrected chi connectivity index (χ3v) is 3.54. The Kier molecular flexibility index (Phi) is 4.23. The number of likely N-dealkylation sites (tertiary alicyclic amines) is 1. The Balaban J connectivity index is 2.57. The van der Waals surface area contributed by atoms with Crippen LogP contribution in [-0.4, -0.2) is 34.1 Å². The van der Waals surface area contributed by atoms with Gasteiger partial charge in [-0.15, -0.1) is 0 Å². The molecule has 0 spiro atoms. The van der Waals surface area contributed by atoms with Crippen LogP contribution in [0.4, 0.5) is 0 Å². The lowest BCUT2D eigenvalue weighted by atomic mass is 9.86. The van der Waals surface area contributed by atoms with Crippen molar-refractivity contribution in [2.24, 2.45) is 5.41 Å². The molecule has 0 bridgehead atoms. The van der Waals surface area contributed by atoms with E-state index >= 15 is 0 Å². The number of aliphatic hydroxyl groups is 1. The van der Waals surface area contributed by atoms with E-state index in [2.05, 4.69) is 20.8 Å². The minimum Gasteiger partial charge on any atom is -0.393 e. The Morgan fingerprint density at radius 2 is 2.00 bits per heavy atom. The molecule has 1 N–H and O–H groups in total. The molecule has 1 amide bonds. The quantitative estimate of drug-likeness (QED) is 0.807. The van der Waals surface area contributed by atoms with Crippen molar-refractivity contribution in [3.8, 4) is 0 Å². The van der Waals surface area contributed by atoms with Crippen molar-refractivity contribution in [2.75, 3.05) is 6.54 Å². The third-order valence-electron chi connectivity index (χ3n) is 3.54. The normalized spacial score (nSPS) is 24.8. The van der Waals surface area contributed by atoms with Gasteiger partial charge in [-0.3, -0.25) is 4.79 Å². The van der Waals surface area contributed by atoms with Gasteiger partial charge in [0, 0.05) is 18.5 Å². The summed E-state index contributed by atoms with van der Waals surface area (Å²) in [6.45, 7) is 11.3. The number of carbonyl (C=O) groups excluding carboxylic acids is 1. The van der Waals surface area contributed by atoms with Crippen molar-refractivity contribution in [1.29, 1.82) is 0 Å². The van der Waals surface area contributed by atoms with Gasteiger partial charge in [0.25, 0.3) is 0 Å². The first kappa shape index (κ1) is 14.5. The van der Waals surface area contributed by atoms with Crippen molar-refractivity contribution in [3.63, 3.8) is 0 Å². The molecule has 1 saturated heterocycles. The molecule has 0 saturated carbocycles. The van der Waals surface area contributed by atoms with Crippen LogP contribution in [0, 0.1) is 5.41 Å². The summed E-state index contributed by atoms with van der Waals surface area (Å²) in [5.41, 5.74) is 0.00172. The second-order valence-corrected chi connectivity index (χ2v) is 7.07. The Labute approximate surface area is 105 Å². The summed E-state index contributed by atoms with van der Waals surface area (Å²) in [4.78, 5) is 14.2. The van der Waals surface area contributed by atoms with Crippen molar-refractivity contribution in [3.05, 3.63) is 0 Å². The lowest BCUT2D eigenvalue weighted by molar-refractivity contribution is -0.141. The van der Waals surface area contributed by atoms with Crippen LogP contribution >= 0.6 is 0 Å². The van der Waals surface area contributed by atoms with Gasteiger partial charge >= 0.3 is 0 Å². The SMILES string of the molecule is CC(C)(C)CCC(=O)N1CCC(O)CC1(C)C. The molecule has 1 heterocycles. The summed E-state index contributed by atoms with van der Waals surface area (Å²) < 4.78 is 0. The van der Waals surface area contributed by atoms with Crippen LogP contribution in [0.3, 0.4) is 0 Å². The number of carbonyl (C=O) groups is 1. The van der Waals surface area contributed by atoms with Crippen molar-refractivity contribution in [2.45, 2.75) is 71.9 Å². The van der Waals surface area contributed by atoms with Crippen LogP contribution < -0.4 is 0 Å². The van der Waals surface area contributed by atoms with Crippen molar-refractivity contribution < 1.29 is 9.90 Å². The smallest absolute Gasteiger partial charge is 0.223 e. The molecule has 3 nitrogen and oxygen atoms in total. The summed E-state index contributed by atoms with van der Waals surface area (Å²) in [6.07, 6.45) is 2.68. The van der Waals surface area contributed by atoms with Crippen LogP contribution in [0.5, 0.6) is 0 Å². The minimum absolute atomic E-state index is 0.202. The Morgan fingerprint density at radius 3 is 2.47 bits per heavy atom. The molecule has 0 aromatic rings. The first-order valence-electron chi connectivity index (χ1n) is 6.60. The van der Waals surface area contributed by atoms with E-state index in [1.807, 2.05) is 18.7 Å². The highest BCUT2D eigenvalue weighted by Gasteiger charge is 2.36. The zero-order chi connectivity index (χ0) is 13.3. The van der Waals surface area contributed by atoms with Crippen LogP contribution in [0.25, 0.3) is 0 Å². The number of amides is 1. The maximum atomic E-state index is 12.2. The Bertz CT molecular complexity index is 278. The molecule has 3 heteroatoms. The average Bonchev–Trinajstić information content (AvgIpc) is 2.11.